The lowest BCUT2D eigenvalue weighted by molar-refractivity contribution is -0.359. The molecule has 0 radical (unpaired) electrons. The molecule has 3 aliphatic rings. The first-order valence-electron chi connectivity index (χ1n) is 9.17. The van der Waals surface area contributed by atoms with Gasteiger partial charge in [-0.3, -0.25) is 10.1 Å². The largest absolute Gasteiger partial charge is 0.455 e. The molecular weight excluding hydrogens is 320 g/mol. The summed E-state index contributed by atoms with van der Waals surface area (Å²) in [6.07, 6.45) is 5.14. The van der Waals surface area contributed by atoms with Gasteiger partial charge in [0, 0.05) is 17.4 Å². The molecule has 0 aromatic heterocycles. The van der Waals surface area contributed by atoms with E-state index in [2.05, 4.69) is 6.92 Å². The third-order valence-electron chi connectivity index (χ3n) is 6.52. The first-order valence-corrected chi connectivity index (χ1v) is 9.17. The second kappa shape index (κ2) is 6.36. The Labute approximate surface area is 149 Å². The first kappa shape index (κ1) is 18.3. The molecule has 1 N–H and O–H groups in total. The van der Waals surface area contributed by atoms with Crippen molar-refractivity contribution in [3.63, 3.8) is 0 Å². The molecule has 3 rings (SSSR count). The topological polar surface area (TPSA) is 72.8 Å². The van der Waals surface area contributed by atoms with Crippen molar-refractivity contribution in [1.29, 1.82) is 0 Å². The minimum Gasteiger partial charge on any atom is -0.455 e. The van der Waals surface area contributed by atoms with Gasteiger partial charge >= 0.3 is 5.97 Å². The smallest absolute Gasteiger partial charge is 0.334 e. The van der Waals surface area contributed by atoms with Crippen LogP contribution in [0.5, 0.6) is 0 Å². The van der Waals surface area contributed by atoms with Crippen LogP contribution < -0.4 is 0 Å². The first-order chi connectivity index (χ1) is 11.7. The highest BCUT2D eigenvalue weighted by molar-refractivity contribution is 5.91. The Kier molecular flexibility index (Phi) is 4.67. The minimum atomic E-state index is -1.01. The lowest BCUT2D eigenvalue weighted by atomic mass is 9.65. The molecule has 0 bridgehead atoms. The number of hydrogen-bond acceptors (Lipinski definition) is 5. The molecule has 0 aromatic rings. The molecule has 4 atom stereocenters. The number of carbonyl (C=O) groups is 2. The van der Waals surface area contributed by atoms with Gasteiger partial charge in [-0.2, -0.15) is 0 Å². The van der Waals surface area contributed by atoms with Crippen LogP contribution >= 0.6 is 0 Å². The fourth-order valence-electron chi connectivity index (χ4n) is 5.03. The van der Waals surface area contributed by atoms with E-state index in [0.717, 1.165) is 36.8 Å². The summed E-state index contributed by atoms with van der Waals surface area (Å²) in [5.41, 5.74) is 1.11. The van der Waals surface area contributed by atoms with E-state index in [9.17, 15) is 14.8 Å². The van der Waals surface area contributed by atoms with Crippen molar-refractivity contribution >= 4 is 11.8 Å². The molecule has 5 nitrogen and oxygen atoms in total. The van der Waals surface area contributed by atoms with Crippen LogP contribution in [-0.2, 0) is 19.2 Å². The molecule has 138 valence electrons. The van der Waals surface area contributed by atoms with Gasteiger partial charge in [-0.15, -0.1) is 0 Å². The van der Waals surface area contributed by atoms with E-state index in [1.165, 1.54) is 0 Å². The Balaban J connectivity index is 2.13. The van der Waals surface area contributed by atoms with E-state index >= 15 is 0 Å². The highest BCUT2D eigenvalue weighted by Crippen LogP contribution is 2.60. The number of ether oxygens (including phenoxy) is 1. The lowest BCUT2D eigenvalue weighted by Gasteiger charge is -2.49. The summed E-state index contributed by atoms with van der Waals surface area (Å²) in [6.45, 7) is 7.82. The Morgan fingerprint density at radius 1 is 1.24 bits per heavy atom. The number of hydrogen-bond donors (Lipinski definition) is 1. The summed E-state index contributed by atoms with van der Waals surface area (Å²) in [5, 5.41) is 10.1. The van der Waals surface area contributed by atoms with Crippen molar-refractivity contribution in [1.82, 2.24) is 0 Å². The Morgan fingerprint density at radius 2 is 1.92 bits per heavy atom. The fourth-order valence-corrected chi connectivity index (χ4v) is 5.03. The standard InChI is InChI=1S/C20H28O5/c1-12-5-7-19(4)8-6-16-14(3)18(22)24-17(20(16,19)25-23)11-13(2)10-15(21)9-12/h9,13,17,23H,5-8,10-11H2,1-4H3/b12-9-/t13-,17-,19-,20-/m1/s1. The van der Waals surface area contributed by atoms with Gasteiger partial charge in [0.05, 0.1) is 0 Å². The van der Waals surface area contributed by atoms with E-state index in [1.54, 1.807) is 13.0 Å². The molecule has 1 heterocycles. The number of ketones is 1. The minimum absolute atomic E-state index is 0.0315. The van der Waals surface area contributed by atoms with Crippen LogP contribution in [0.25, 0.3) is 0 Å². The van der Waals surface area contributed by atoms with Crippen LogP contribution in [0.15, 0.2) is 22.8 Å². The maximum atomic E-state index is 12.3. The van der Waals surface area contributed by atoms with Crippen LogP contribution in [0.3, 0.4) is 0 Å². The van der Waals surface area contributed by atoms with Crippen molar-refractivity contribution in [2.45, 2.75) is 77.9 Å². The summed E-state index contributed by atoms with van der Waals surface area (Å²) in [5.74, 6) is -0.195. The predicted octanol–water partition coefficient (Wildman–Crippen LogP) is 3.98. The zero-order valence-corrected chi connectivity index (χ0v) is 15.6. The van der Waals surface area contributed by atoms with E-state index in [-0.39, 0.29) is 23.1 Å². The quantitative estimate of drug-likeness (QED) is 0.441. The molecule has 0 amide bonds. The van der Waals surface area contributed by atoms with Crippen LogP contribution in [0, 0.1) is 11.3 Å². The van der Waals surface area contributed by atoms with E-state index < -0.39 is 11.7 Å². The number of rotatable bonds is 1. The molecule has 0 aromatic carbocycles. The molecule has 0 unspecified atom stereocenters. The fraction of sp³-hybridized carbons (Fsp3) is 0.700. The molecule has 1 aliphatic heterocycles. The molecule has 2 aliphatic carbocycles. The number of esters is 1. The Morgan fingerprint density at radius 3 is 2.60 bits per heavy atom. The van der Waals surface area contributed by atoms with Crippen LogP contribution in [0.2, 0.25) is 0 Å². The van der Waals surface area contributed by atoms with Gasteiger partial charge in [-0.25, -0.2) is 9.68 Å². The van der Waals surface area contributed by atoms with Crippen LogP contribution in [0.4, 0.5) is 0 Å². The summed E-state index contributed by atoms with van der Waals surface area (Å²) < 4.78 is 5.74. The average Bonchev–Trinajstić information content (AvgIpc) is 2.83. The average molecular weight is 348 g/mol. The summed E-state index contributed by atoms with van der Waals surface area (Å²) >= 11 is 0. The molecule has 25 heavy (non-hydrogen) atoms. The van der Waals surface area contributed by atoms with Gasteiger partial charge in [-0.1, -0.05) is 19.4 Å². The zero-order chi connectivity index (χ0) is 18.4. The summed E-state index contributed by atoms with van der Waals surface area (Å²) in [4.78, 5) is 29.8. The Hall–Kier alpha value is -1.46. The summed E-state index contributed by atoms with van der Waals surface area (Å²) in [7, 11) is 0. The van der Waals surface area contributed by atoms with Crippen molar-refractivity contribution in [3.05, 3.63) is 22.8 Å². The van der Waals surface area contributed by atoms with Crippen molar-refractivity contribution in [2.75, 3.05) is 0 Å². The SMILES string of the molecule is CC1=C2CC[C@@]3(C)CC/C(C)=C\C(=O)C[C@@H](C)C[C@@H](OC1=O)[C@]23OO. The van der Waals surface area contributed by atoms with Crippen molar-refractivity contribution in [3.8, 4) is 0 Å². The van der Waals surface area contributed by atoms with Gasteiger partial charge in [0.2, 0.25) is 0 Å². The van der Waals surface area contributed by atoms with Crippen LogP contribution in [0.1, 0.15) is 66.2 Å². The lowest BCUT2D eigenvalue weighted by Crippen LogP contribution is -2.58. The van der Waals surface area contributed by atoms with Gasteiger partial charge in [0.1, 0.15) is 6.10 Å². The maximum Gasteiger partial charge on any atom is 0.334 e. The molecule has 5 heteroatoms. The van der Waals surface area contributed by atoms with E-state index in [4.69, 9.17) is 9.62 Å². The third kappa shape index (κ3) is 2.77. The summed E-state index contributed by atoms with van der Waals surface area (Å²) in [6, 6.07) is 0. The normalized spacial score (nSPS) is 41.6. The monoisotopic (exact) mass is 348 g/mol. The van der Waals surface area contributed by atoms with Crippen molar-refractivity contribution < 1.29 is 24.5 Å². The number of carbonyl (C=O) groups excluding carboxylic acids is 2. The highest BCUT2D eigenvalue weighted by Gasteiger charge is 2.65. The van der Waals surface area contributed by atoms with Gasteiger partial charge < -0.3 is 4.74 Å². The van der Waals surface area contributed by atoms with Crippen LogP contribution in [-0.4, -0.2) is 28.7 Å². The number of allylic oxidation sites excluding steroid dienone is 2. The molecule has 1 fully saturated rings. The van der Waals surface area contributed by atoms with E-state index in [1.807, 2.05) is 13.8 Å². The van der Waals surface area contributed by atoms with Gasteiger partial charge in [-0.05, 0) is 63.5 Å². The van der Waals surface area contributed by atoms with E-state index in [0.29, 0.717) is 18.4 Å². The predicted molar refractivity (Wildman–Crippen MR) is 92.8 cm³/mol. The second-order valence-electron chi connectivity index (χ2n) is 8.39. The van der Waals surface area contributed by atoms with Crippen molar-refractivity contribution in [2.24, 2.45) is 11.3 Å². The maximum absolute atomic E-state index is 12.3. The zero-order valence-electron chi connectivity index (χ0n) is 15.6. The molecule has 0 spiro atoms. The second-order valence-corrected chi connectivity index (χ2v) is 8.39. The molecule has 0 saturated heterocycles. The Bertz CT molecular complexity index is 661. The molecule has 1 saturated carbocycles. The highest BCUT2D eigenvalue weighted by atomic mass is 17.1. The molecular formula is C20H28O5. The third-order valence-corrected chi connectivity index (χ3v) is 6.52. The van der Waals surface area contributed by atoms with Gasteiger partial charge in [0.15, 0.2) is 11.4 Å². The van der Waals surface area contributed by atoms with Gasteiger partial charge in [0.25, 0.3) is 0 Å².